The summed E-state index contributed by atoms with van der Waals surface area (Å²) < 4.78 is 34.9. The SMILES string of the molecule is Cc1oc(C)c(C(=O)N(C)Cc2cccc(OC(F)F)c2)c1Br. The molecule has 0 atom stereocenters. The van der Waals surface area contributed by atoms with Gasteiger partial charge in [0.1, 0.15) is 17.3 Å². The van der Waals surface area contributed by atoms with Crippen molar-refractivity contribution in [2.75, 3.05) is 7.05 Å². The topological polar surface area (TPSA) is 42.7 Å². The number of rotatable bonds is 5. The van der Waals surface area contributed by atoms with Gasteiger partial charge in [0.05, 0.1) is 10.0 Å². The molecule has 0 aliphatic carbocycles. The van der Waals surface area contributed by atoms with Gasteiger partial charge in [-0.1, -0.05) is 12.1 Å². The molecule has 0 N–H and O–H groups in total. The second-order valence-corrected chi connectivity index (χ2v) is 5.88. The van der Waals surface area contributed by atoms with Crippen LogP contribution in [0.5, 0.6) is 5.75 Å². The predicted molar refractivity (Wildman–Crippen MR) is 84.8 cm³/mol. The van der Waals surface area contributed by atoms with Crippen LogP contribution in [0.1, 0.15) is 27.4 Å². The molecule has 1 aromatic heterocycles. The van der Waals surface area contributed by atoms with Crippen LogP contribution >= 0.6 is 15.9 Å². The summed E-state index contributed by atoms with van der Waals surface area (Å²) in [7, 11) is 1.64. The molecule has 23 heavy (non-hydrogen) atoms. The van der Waals surface area contributed by atoms with Gasteiger partial charge < -0.3 is 14.1 Å². The fraction of sp³-hybridized carbons (Fsp3) is 0.312. The molecule has 0 unspecified atom stereocenters. The van der Waals surface area contributed by atoms with E-state index in [2.05, 4.69) is 20.7 Å². The van der Waals surface area contributed by atoms with Crippen LogP contribution < -0.4 is 4.74 Å². The summed E-state index contributed by atoms with van der Waals surface area (Å²) in [6, 6.07) is 6.27. The fourth-order valence-corrected chi connectivity index (χ4v) is 2.79. The maximum absolute atomic E-state index is 12.6. The van der Waals surface area contributed by atoms with Gasteiger partial charge in [0, 0.05) is 13.6 Å². The van der Waals surface area contributed by atoms with Crippen molar-refractivity contribution < 1.29 is 22.7 Å². The molecule has 124 valence electrons. The minimum atomic E-state index is -2.88. The molecular weight excluding hydrogens is 372 g/mol. The summed E-state index contributed by atoms with van der Waals surface area (Å²) in [4.78, 5) is 14.0. The van der Waals surface area contributed by atoms with E-state index in [1.807, 2.05) is 0 Å². The minimum absolute atomic E-state index is 0.0647. The monoisotopic (exact) mass is 387 g/mol. The molecule has 0 bridgehead atoms. The van der Waals surface area contributed by atoms with E-state index in [1.165, 1.54) is 17.0 Å². The zero-order valence-electron chi connectivity index (χ0n) is 12.9. The molecule has 0 saturated heterocycles. The number of benzene rings is 1. The normalized spacial score (nSPS) is 10.9. The molecule has 0 aliphatic rings. The zero-order chi connectivity index (χ0) is 17.1. The van der Waals surface area contributed by atoms with Crippen molar-refractivity contribution in [1.82, 2.24) is 4.90 Å². The lowest BCUT2D eigenvalue weighted by atomic mass is 10.1. The van der Waals surface area contributed by atoms with E-state index >= 15 is 0 Å². The molecule has 0 radical (unpaired) electrons. The number of carbonyl (C=O) groups is 1. The van der Waals surface area contributed by atoms with Gasteiger partial charge in [0.25, 0.3) is 5.91 Å². The number of alkyl halides is 2. The lowest BCUT2D eigenvalue weighted by Crippen LogP contribution is -2.26. The summed E-state index contributed by atoms with van der Waals surface area (Å²) in [5.41, 5.74) is 1.15. The van der Waals surface area contributed by atoms with Crippen molar-refractivity contribution in [2.24, 2.45) is 0 Å². The molecule has 1 heterocycles. The Morgan fingerprint density at radius 2 is 2.04 bits per heavy atom. The third-order valence-corrected chi connectivity index (χ3v) is 4.25. The van der Waals surface area contributed by atoms with Crippen molar-refractivity contribution >= 4 is 21.8 Å². The van der Waals surface area contributed by atoms with Gasteiger partial charge in [0.15, 0.2) is 0 Å². The number of hydrogen-bond donors (Lipinski definition) is 0. The second kappa shape index (κ2) is 7.12. The van der Waals surface area contributed by atoms with Gasteiger partial charge in [-0.25, -0.2) is 0 Å². The Kier molecular flexibility index (Phi) is 5.41. The third-order valence-electron chi connectivity index (χ3n) is 3.29. The summed E-state index contributed by atoms with van der Waals surface area (Å²) in [6.07, 6.45) is 0. The number of aryl methyl sites for hydroxylation is 2. The Hall–Kier alpha value is -1.89. The van der Waals surface area contributed by atoms with Gasteiger partial charge in [-0.05, 0) is 47.5 Å². The maximum atomic E-state index is 12.6. The molecule has 7 heteroatoms. The average Bonchev–Trinajstić information content (AvgIpc) is 2.71. The minimum Gasteiger partial charge on any atom is -0.465 e. The van der Waals surface area contributed by atoms with Crippen LogP contribution in [0.25, 0.3) is 0 Å². The maximum Gasteiger partial charge on any atom is 0.387 e. The van der Waals surface area contributed by atoms with Crippen LogP contribution in [-0.4, -0.2) is 24.5 Å². The Morgan fingerprint density at radius 1 is 1.35 bits per heavy atom. The van der Waals surface area contributed by atoms with Gasteiger partial charge in [-0.15, -0.1) is 0 Å². The predicted octanol–water partition coefficient (Wildman–Crippen LogP) is 4.53. The number of furan rings is 1. The zero-order valence-corrected chi connectivity index (χ0v) is 14.5. The van der Waals surface area contributed by atoms with Crippen molar-refractivity contribution in [2.45, 2.75) is 27.0 Å². The third kappa shape index (κ3) is 4.10. The molecule has 4 nitrogen and oxygen atoms in total. The lowest BCUT2D eigenvalue weighted by Gasteiger charge is -2.18. The number of hydrogen-bond acceptors (Lipinski definition) is 3. The average molecular weight is 388 g/mol. The van der Waals surface area contributed by atoms with Crippen LogP contribution in [0, 0.1) is 13.8 Å². The largest absolute Gasteiger partial charge is 0.465 e. The first-order valence-corrected chi connectivity index (χ1v) is 7.63. The fourth-order valence-electron chi connectivity index (χ4n) is 2.26. The van der Waals surface area contributed by atoms with Crippen molar-refractivity contribution in [1.29, 1.82) is 0 Å². The van der Waals surface area contributed by atoms with Crippen molar-refractivity contribution in [3.63, 3.8) is 0 Å². The highest BCUT2D eigenvalue weighted by molar-refractivity contribution is 9.10. The highest BCUT2D eigenvalue weighted by Crippen LogP contribution is 2.28. The number of amides is 1. The molecule has 1 aromatic carbocycles. The van der Waals surface area contributed by atoms with E-state index in [4.69, 9.17) is 4.42 Å². The van der Waals surface area contributed by atoms with E-state index in [1.54, 1.807) is 33.0 Å². The lowest BCUT2D eigenvalue weighted by molar-refractivity contribution is -0.0499. The molecule has 0 fully saturated rings. The van der Waals surface area contributed by atoms with Crippen LogP contribution in [0.2, 0.25) is 0 Å². The Morgan fingerprint density at radius 3 is 2.61 bits per heavy atom. The molecule has 0 aliphatic heterocycles. The number of halogens is 3. The van der Waals surface area contributed by atoms with Gasteiger partial charge >= 0.3 is 6.61 Å². The number of nitrogens with zero attached hydrogens (tertiary/aromatic N) is 1. The molecule has 2 aromatic rings. The first kappa shape index (κ1) is 17.5. The van der Waals surface area contributed by atoms with Crippen LogP contribution in [0.4, 0.5) is 8.78 Å². The van der Waals surface area contributed by atoms with Crippen LogP contribution in [-0.2, 0) is 6.54 Å². The van der Waals surface area contributed by atoms with Crippen LogP contribution in [0.15, 0.2) is 33.2 Å². The van der Waals surface area contributed by atoms with E-state index in [-0.39, 0.29) is 18.2 Å². The van der Waals surface area contributed by atoms with E-state index in [0.717, 1.165) is 0 Å². The van der Waals surface area contributed by atoms with E-state index in [9.17, 15) is 13.6 Å². The molecular formula is C16H16BrF2NO3. The van der Waals surface area contributed by atoms with E-state index < -0.39 is 6.61 Å². The Labute approximate surface area is 141 Å². The number of ether oxygens (including phenoxy) is 1. The Bertz CT molecular complexity index is 715. The summed E-state index contributed by atoms with van der Waals surface area (Å²) >= 11 is 3.35. The standard InChI is InChI=1S/C16H16BrF2NO3/c1-9-13(14(17)10(2)22-9)15(21)20(3)8-11-5-4-6-12(7-11)23-16(18)19/h4-7,16H,8H2,1-3H3. The van der Waals surface area contributed by atoms with Gasteiger partial charge in [-0.2, -0.15) is 8.78 Å². The Balaban J connectivity index is 2.15. The number of carbonyl (C=O) groups excluding carboxylic acids is 1. The molecule has 0 spiro atoms. The van der Waals surface area contributed by atoms with Crippen molar-refractivity contribution in [3.05, 3.63) is 51.4 Å². The summed E-state index contributed by atoms with van der Waals surface area (Å²) in [5, 5.41) is 0. The quantitative estimate of drug-likeness (QED) is 0.756. The smallest absolute Gasteiger partial charge is 0.387 e. The molecule has 2 rings (SSSR count). The summed E-state index contributed by atoms with van der Waals surface area (Å²) in [5.74, 6) is 1.01. The summed E-state index contributed by atoms with van der Waals surface area (Å²) in [6.45, 7) is 0.863. The second-order valence-electron chi connectivity index (χ2n) is 5.09. The van der Waals surface area contributed by atoms with E-state index in [0.29, 0.717) is 27.1 Å². The highest BCUT2D eigenvalue weighted by Gasteiger charge is 2.23. The van der Waals surface area contributed by atoms with Crippen LogP contribution in [0.3, 0.4) is 0 Å². The van der Waals surface area contributed by atoms with Gasteiger partial charge in [-0.3, -0.25) is 4.79 Å². The first-order valence-electron chi connectivity index (χ1n) is 6.84. The first-order chi connectivity index (χ1) is 10.8. The highest BCUT2D eigenvalue weighted by atomic mass is 79.9. The molecule has 0 saturated carbocycles. The molecule has 1 amide bonds. The van der Waals surface area contributed by atoms with Crippen molar-refractivity contribution in [3.8, 4) is 5.75 Å². The van der Waals surface area contributed by atoms with Gasteiger partial charge in [0.2, 0.25) is 0 Å².